The zero-order valence-electron chi connectivity index (χ0n) is 13.3. The van der Waals surface area contributed by atoms with Gasteiger partial charge in [0.05, 0.1) is 18.3 Å². The number of hydrogen-bond acceptors (Lipinski definition) is 5. The molecular weight excluding hydrogens is 266 g/mol. The highest BCUT2D eigenvalue weighted by Crippen LogP contribution is 2.22. The number of morpholine rings is 1. The molecule has 1 aliphatic heterocycles. The van der Waals surface area contributed by atoms with Gasteiger partial charge in [-0.05, 0) is 38.0 Å². The minimum atomic E-state index is -0.220. The van der Waals surface area contributed by atoms with Gasteiger partial charge in [-0.25, -0.2) is 4.98 Å². The van der Waals surface area contributed by atoms with E-state index in [9.17, 15) is 5.11 Å². The van der Waals surface area contributed by atoms with Gasteiger partial charge in [-0.1, -0.05) is 6.92 Å². The molecule has 21 heavy (non-hydrogen) atoms. The number of aliphatic hydroxyl groups is 1. The van der Waals surface area contributed by atoms with Crippen molar-refractivity contribution in [1.82, 2.24) is 9.88 Å². The highest BCUT2D eigenvalue weighted by Gasteiger charge is 2.32. The van der Waals surface area contributed by atoms with E-state index in [-0.39, 0.29) is 18.3 Å². The number of anilines is 1. The van der Waals surface area contributed by atoms with Crippen LogP contribution in [0.4, 0.5) is 5.82 Å². The minimum Gasteiger partial charge on any atom is -0.394 e. The van der Waals surface area contributed by atoms with Gasteiger partial charge < -0.3 is 15.2 Å². The number of nitrogens with zero attached hydrogens (tertiary/aromatic N) is 2. The second-order valence-electron chi connectivity index (χ2n) is 6.33. The van der Waals surface area contributed by atoms with Crippen LogP contribution in [0.15, 0.2) is 18.3 Å². The zero-order chi connectivity index (χ0) is 15.3. The molecule has 0 bridgehead atoms. The predicted molar refractivity (Wildman–Crippen MR) is 84.3 cm³/mol. The summed E-state index contributed by atoms with van der Waals surface area (Å²) in [7, 11) is 0. The number of ether oxygens (including phenoxy) is 1. The molecule has 1 aromatic heterocycles. The molecule has 2 heterocycles. The van der Waals surface area contributed by atoms with Crippen LogP contribution in [0.5, 0.6) is 0 Å². The van der Waals surface area contributed by atoms with Crippen LogP contribution in [0.1, 0.15) is 32.8 Å². The Morgan fingerprint density at radius 2 is 2.33 bits per heavy atom. The highest BCUT2D eigenvalue weighted by atomic mass is 16.5. The Hall–Kier alpha value is -1.17. The van der Waals surface area contributed by atoms with Crippen LogP contribution in [0.25, 0.3) is 0 Å². The third kappa shape index (κ3) is 4.95. The number of aromatic nitrogens is 1. The standard InChI is InChI=1S/C16H27N3O2/c1-4-6-17-15-8-13(5-7-18-15)9-19-10-14(11-20)21-16(2,3)12-19/h5,7-8,14,20H,4,6,9-12H2,1-3H3,(H,17,18). The molecule has 1 aliphatic rings. The molecule has 0 amide bonds. The molecule has 0 saturated carbocycles. The van der Waals surface area contributed by atoms with Gasteiger partial charge in [-0.2, -0.15) is 0 Å². The van der Waals surface area contributed by atoms with E-state index in [0.717, 1.165) is 38.4 Å². The van der Waals surface area contributed by atoms with Crippen LogP contribution < -0.4 is 5.32 Å². The fourth-order valence-electron chi connectivity index (χ4n) is 2.81. The summed E-state index contributed by atoms with van der Waals surface area (Å²) < 4.78 is 5.85. The molecule has 0 aliphatic carbocycles. The van der Waals surface area contributed by atoms with Gasteiger partial charge in [-0.3, -0.25) is 4.90 Å². The molecule has 0 aromatic carbocycles. The Morgan fingerprint density at radius 1 is 1.52 bits per heavy atom. The van der Waals surface area contributed by atoms with Crippen molar-refractivity contribution < 1.29 is 9.84 Å². The number of pyridine rings is 1. The summed E-state index contributed by atoms with van der Waals surface area (Å²) in [5.74, 6) is 0.931. The van der Waals surface area contributed by atoms with Gasteiger partial charge >= 0.3 is 0 Å². The van der Waals surface area contributed by atoms with Crippen LogP contribution in [-0.2, 0) is 11.3 Å². The quantitative estimate of drug-likeness (QED) is 0.838. The number of aliphatic hydroxyl groups excluding tert-OH is 1. The molecule has 2 N–H and O–H groups in total. The smallest absolute Gasteiger partial charge is 0.126 e. The van der Waals surface area contributed by atoms with Crippen LogP contribution in [0.2, 0.25) is 0 Å². The van der Waals surface area contributed by atoms with Gasteiger partial charge in [-0.15, -0.1) is 0 Å². The molecular formula is C16H27N3O2. The molecule has 5 heteroatoms. The van der Waals surface area contributed by atoms with Crippen molar-refractivity contribution >= 4 is 5.82 Å². The molecule has 118 valence electrons. The van der Waals surface area contributed by atoms with E-state index in [1.807, 2.05) is 12.3 Å². The maximum absolute atomic E-state index is 9.38. The van der Waals surface area contributed by atoms with Crippen molar-refractivity contribution in [3.63, 3.8) is 0 Å². The summed E-state index contributed by atoms with van der Waals surface area (Å²) in [6.45, 7) is 9.77. The lowest BCUT2D eigenvalue weighted by atomic mass is 10.0. The first kappa shape index (κ1) is 16.2. The lowest BCUT2D eigenvalue weighted by Crippen LogP contribution is -2.53. The van der Waals surface area contributed by atoms with Crippen molar-refractivity contribution in [1.29, 1.82) is 0 Å². The summed E-state index contributed by atoms with van der Waals surface area (Å²) in [6, 6.07) is 4.15. The number of rotatable bonds is 6. The molecule has 1 unspecified atom stereocenters. The first-order valence-corrected chi connectivity index (χ1v) is 7.72. The highest BCUT2D eigenvalue weighted by molar-refractivity contribution is 5.37. The summed E-state index contributed by atoms with van der Waals surface area (Å²) in [4.78, 5) is 6.67. The van der Waals surface area contributed by atoms with Crippen LogP contribution in [0.3, 0.4) is 0 Å². The third-order valence-electron chi connectivity index (χ3n) is 3.54. The van der Waals surface area contributed by atoms with Gasteiger partial charge in [0, 0.05) is 32.4 Å². The van der Waals surface area contributed by atoms with E-state index in [1.54, 1.807) is 0 Å². The van der Waals surface area contributed by atoms with Gasteiger partial charge in [0.2, 0.25) is 0 Å². The summed E-state index contributed by atoms with van der Waals surface area (Å²) >= 11 is 0. The van der Waals surface area contributed by atoms with Crippen molar-refractivity contribution in [3.8, 4) is 0 Å². The van der Waals surface area contributed by atoms with E-state index >= 15 is 0 Å². The monoisotopic (exact) mass is 293 g/mol. The van der Waals surface area contributed by atoms with Crippen molar-refractivity contribution in [3.05, 3.63) is 23.9 Å². The summed E-state index contributed by atoms with van der Waals surface area (Å²) in [6.07, 6.45) is 2.83. The van der Waals surface area contributed by atoms with E-state index in [0.29, 0.717) is 0 Å². The molecule has 1 aromatic rings. The van der Waals surface area contributed by atoms with Crippen molar-refractivity contribution in [2.75, 3.05) is 31.6 Å². The molecule has 1 atom stereocenters. The van der Waals surface area contributed by atoms with E-state index in [1.165, 1.54) is 5.56 Å². The van der Waals surface area contributed by atoms with Crippen LogP contribution >= 0.6 is 0 Å². The fourth-order valence-corrected chi connectivity index (χ4v) is 2.81. The van der Waals surface area contributed by atoms with E-state index in [4.69, 9.17) is 4.74 Å². The van der Waals surface area contributed by atoms with Crippen molar-refractivity contribution in [2.24, 2.45) is 0 Å². The lowest BCUT2D eigenvalue weighted by molar-refractivity contribution is -0.150. The SMILES string of the molecule is CCCNc1cc(CN2CC(CO)OC(C)(C)C2)ccn1. The van der Waals surface area contributed by atoms with E-state index in [2.05, 4.69) is 42.0 Å². The average Bonchev–Trinajstić information content (AvgIpc) is 2.43. The van der Waals surface area contributed by atoms with Crippen molar-refractivity contribution in [2.45, 2.75) is 45.4 Å². The Morgan fingerprint density at radius 3 is 3.05 bits per heavy atom. The molecule has 0 spiro atoms. The largest absolute Gasteiger partial charge is 0.394 e. The molecule has 2 rings (SSSR count). The number of nitrogens with one attached hydrogen (secondary N) is 1. The Labute approximate surface area is 127 Å². The Bertz CT molecular complexity index is 451. The first-order chi connectivity index (χ1) is 10.0. The Kier molecular flexibility index (Phi) is 5.56. The van der Waals surface area contributed by atoms with Gasteiger partial charge in [0.25, 0.3) is 0 Å². The van der Waals surface area contributed by atoms with Gasteiger partial charge in [0.1, 0.15) is 5.82 Å². The Balaban J connectivity index is 2.00. The minimum absolute atomic E-state index is 0.0690. The topological polar surface area (TPSA) is 57.6 Å². The number of hydrogen-bond donors (Lipinski definition) is 2. The summed E-state index contributed by atoms with van der Waals surface area (Å²) in [5.41, 5.74) is 1.01. The van der Waals surface area contributed by atoms with E-state index < -0.39 is 0 Å². The predicted octanol–water partition coefficient (Wildman–Crippen LogP) is 1.88. The molecule has 5 nitrogen and oxygen atoms in total. The van der Waals surface area contributed by atoms with Crippen LogP contribution in [0, 0.1) is 0 Å². The second-order valence-corrected chi connectivity index (χ2v) is 6.33. The average molecular weight is 293 g/mol. The maximum atomic E-state index is 9.38. The normalized spacial score (nSPS) is 22.2. The zero-order valence-corrected chi connectivity index (χ0v) is 13.3. The molecule has 1 fully saturated rings. The molecule has 0 radical (unpaired) electrons. The van der Waals surface area contributed by atoms with Crippen LogP contribution in [-0.4, -0.2) is 52.9 Å². The third-order valence-corrected chi connectivity index (χ3v) is 3.54. The fraction of sp³-hybridized carbons (Fsp3) is 0.688. The molecule has 1 saturated heterocycles. The lowest BCUT2D eigenvalue weighted by Gasteiger charge is -2.42. The first-order valence-electron chi connectivity index (χ1n) is 7.72. The summed E-state index contributed by atoms with van der Waals surface area (Å²) in [5, 5.41) is 12.7. The second kappa shape index (κ2) is 7.20. The maximum Gasteiger partial charge on any atom is 0.126 e. The van der Waals surface area contributed by atoms with Gasteiger partial charge in [0.15, 0.2) is 0 Å².